The molecule has 1 N–H and O–H groups in total. The Balaban J connectivity index is 2.21. The first-order chi connectivity index (χ1) is 6.16. The first-order valence-electron chi connectivity index (χ1n) is 5.18. The summed E-state index contributed by atoms with van der Waals surface area (Å²) in [6.07, 6.45) is 5.46. The van der Waals surface area contributed by atoms with Gasteiger partial charge in [0, 0.05) is 6.54 Å². The minimum absolute atomic E-state index is 0.384. The maximum Gasteiger partial charge on any atom is 0.0774 e. The maximum atomic E-state index is 10.1. The van der Waals surface area contributed by atoms with Crippen molar-refractivity contribution in [3.63, 3.8) is 0 Å². The molecule has 0 bridgehead atoms. The summed E-state index contributed by atoms with van der Waals surface area (Å²) in [6.45, 7) is 1.88. The summed E-state index contributed by atoms with van der Waals surface area (Å²) in [5, 5.41) is 10.1. The Hall–Kier alpha value is 0.270. The average Bonchev–Trinajstić information content (AvgIpc) is 2.48. The molecule has 0 unspecified atom stereocenters. The topological polar surface area (TPSA) is 23.5 Å². The fourth-order valence-electron chi connectivity index (χ4n) is 2.11. The molecule has 0 radical (unpaired) electrons. The van der Waals surface area contributed by atoms with E-state index >= 15 is 0 Å². The number of hydrogen-bond acceptors (Lipinski definition) is 3. The SMILES string of the molecule is CN(CCCS)CC1(O)CCCC1. The van der Waals surface area contributed by atoms with Crippen LogP contribution in [0.1, 0.15) is 32.1 Å². The molecule has 0 aromatic rings. The summed E-state index contributed by atoms with van der Waals surface area (Å²) in [7, 11) is 2.08. The number of thiol groups is 1. The van der Waals surface area contributed by atoms with Crippen molar-refractivity contribution in [1.82, 2.24) is 4.90 Å². The molecule has 1 fully saturated rings. The lowest BCUT2D eigenvalue weighted by molar-refractivity contribution is 0.0166. The van der Waals surface area contributed by atoms with Gasteiger partial charge in [0.1, 0.15) is 0 Å². The zero-order valence-corrected chi connectivity index (χ0v) is 9.39. The smallest absolute Gasteiger partial charge is 0.0774 e. The highest BCUT2D eigenvalue weighted by Crippen LogP contribution is 2.29. The summed E-state index contributed by atoms with van der Waals surface area (Å²) < 4.78 is 0. The van der Waals surface area contributed by atoms with E-state index in [0.717, 1.165) is 38.1 Å². The molecule has 0 amide bonds. The van der Waals surface area contributed by atoms with E-state index in [1.54, 1.807) is 0 Å². The van der Waals surface area contributed by atoms with Crippen molar-refractivity contribution < 1.29 is 5.11 Å². The summed E-state index contributed by atoms with van der Waals surface area (Å²) in [5.41, 5.74) is -0.384. The minimum atomic E-state index is -0.384. The Labute approximate surface area is 86.7 Å². The molecule has 2 nitrogen and oxygen atoms in total. The van der Waals surface area contributed by atoms with E-state index in [4.69, 9.17) is 0 Å². The van der Waals surface area contributed by atoms with Crippen molar-refractivity contribution in [2.24, 2.45) is 0 Å². The second-order valence-corrected chi connectivity index (χ2v) is 4.69. The monoisotopic (exact) mass is 203 g/mol. The van der Waals surface area contributed by atoms with Gasteiger partial charge in [-0.2, -0.15) is 12.6 Å². The molecule has 1 aliphatic carbocycles. The fraction of sp³-hybridized carbons (Fsp3) is 1.00. The third-order valence-corrected chi connectivity index (χ3v) is 3.11. The van der Waals surface area contributed by atoms with E-state index in [1.807, 2.05) is 0 Å². The standard InChI is InChI=1S/C10H21NOS/c1-11(7-4-8-13)9-10(12)5-2-3-6-10/h12-13H,2-9H2,1H3. The van der Waals surface area contributed by atoms with Gasteiger partial charge >= 0.3 is 0 Å². The van der Waals surface area contributed by atoms with E-state index in [0.29, 0.717) is 0 Å². The lowest BCUT2D eigenvalue weighted by Crippen LogP contribution is -2.39. The van der Waals surface area contributed by atoms with Gasteiger partial charge in [-0.05, 0) is 38.6 Å². The van der Waals surface area contributed by atoms with Crippen LogP contribution in [0.5, 0.6) is 0 Å². The average molecular weight is 203 g/mol. The van der Waals surface area contributed by atoms with Gasteiger partial charge in [-0.25, -0.2) is 0 Å². The summed E-state index contributed by atoms with van der Waals surface area (Å²) in [5.74, 6) is 0.933. The predicted octanol–water partition coefficient (Wildman–Crippen LogP) is 1.54. The number of likely N-dealkylation sites (N-methyl/N-ethyl adjacent to an activating group) is 1. The van der Waals surface area contributed by atoms with Crippen LogP contribution in [0.15, 0.2) is 0 Å². The molecule has 0 atom stereocenters. The molecule has 0 aromatic carbocycles. The molecule has 13 heavy (non-hydrogen) atoms. The molecule has 0 spiro atoms. The van der Waals surface area contributed by atoms with Gasteiger partial charge < -0.3 is 10.0 Å². The predicted molar refractivity (Wildman–Crippen MR) is 59.4 cm³/mol. The zero-order valence-electron chi connectivity index (χ0n) is 8.50. The van der Waals surface area contributed by atoms with E-state index in [2.05, 4.69) is 24.6 Å². The van der Waals surface area contributed by atoms with Crippen LogP contribution in [0.3, 0.4) is 0 Å². The van der Waals surface area contributed by atoms with E-state index < -0.39 is 0 Å². The first-order valence-corrected chi connectivity index (χ1v) is 5.81. The summed E-state index contributed by atoms with van der Waals surface area (Å²) >= 11 is 4.18. The molecule has 0 heterocycles. The van der Waals surface area contributed by atoms with Gasteiger partial charge in [-0.15, -0.1) is 0 Å². The van der Waals surface area contributed by atoms with E-state index in [9.17, 15) is 5.11 Å². The maximum absolute atomic E-state index is 10.1. The molecular weight excluding hydrogens is 182 g/mol. The van der Waals surface area contributed by atoms with Crippen molar-refractivity contribution in [2.75, 3.05) is 25.9 Å². The van der Waals surface area contributed by atoms with Crippen molar-refractivity contribution >= 4 is 12.6 Å². The van der Waals surface area contributed by atoms with Crippen molar-refractivity contribution in [1.29, 1.82) is 0 Å². The molecule has 1 rings (SSSR count). The molecule has 1 saturated carbocycles. The second-order valence-electron chi connectivity index (χ2n) is 4.25. The minimum Gasteiger partial charge on any atom is -0.389 e. The van der Waals surface area contributed by atoms with Crippen molar-refractivity contribution in [2.45, 2.75) is 37.7 Å². The van der Waals surface area contributed by atoms with E-state index in [1.165, 1.54) is 12.8 Å². The second kappa shape index (κ2) is 5.23. The van der Waals surface area contributed by atoms with Crippen LogP contribution in [-0.4, -0.2) is 41.5 Å². The molecule has 1 aliphatic rings. The highest BCUT2D eigenvalue weighted by Gasteiger charge is 2.31. The summed E-state index contributed by atoms with van der Waals surface area (Å²) in [4.78, 5) is 2.22. The van der Waals surface area contributed by atoms with Crippen molar-refractivity contribution in [3.8, 4) is 0 Å². The number of hydrogen-bond donors (Lipinski definition) is 2. The normalized spacial score (nSPS) is 21.2. The fourth-order valence-corrected chi connectivity index (χ4v) is 2.25. The Morgan fingerprint density at radius 1 is 1.38 bits per heavy atom. The Morgan fingerprint density at radius 3 is 2.54 bits per heavy atom. The quantitative estimate of drug-likeness (QED) is 0.662. The highest BCUT2D eigenvalue weighted by molar-refractivity contribution is 7.80. The summed E-state index contributed by atoms with van der Waals surface area (Å²) in [6, 6.07) is 0. The zero-order chi connectivity index (χ0) is 9.73. The Morgan fingerprint density at radius 2 is 2.00 bits per heavy atom. The van der Waals surface area contributed by atoms with Crippen LogP contribution >= 0.6 is 12.6 Å². The van der Waals surface area contributed by atoms with Crippen LogP contribution < -0.4 is 0 Å². The van der Waals surface area contributed by atoms with Crippen LogP contribution in [0.4, 0.5) is 0 Å². The highest BCUT2D eigenvalue weighted by atomic mass is 32.1. The Bertz CT molecular complexity index is 146. The van der Waals surface area contributed by atoms with Gasteiger partial charge in [0.15, 0.2) is 0 Å². The van der Waals surface area contributed by atoms with E-state index in [-0.39, 0.29) is 5.60 Å². The molecule has 78 valence electrons. The van der Waals surface area contributed by atoms with Gasteiger partial charge in [-0.1, -0.05) is 12.8 Å². The third-order valence-electron chi connectivity index (χ3n) is 2.80. The van der Waals surface area contributed by atoms with Gasteiger partial charge in [0.05, 0.1) is 5.60 Å². The molecule has 0 aromatic heterocycles. The third kappa shape index (κ3) is 3.88. The molecular formula is C10H21NOS. The molecule has 3 heteroatoms. The molecule has 0 aliphatic heterocycles. The number of aliphatic hydroxyl groups is 1. The van der Waals surface area contributed by atoms with Crippen LogP contribution in [0.2, 0.25) is 0 Å². The van der Waals surface area contributed by atoms with Gasteiger partial charge in [-0.3, -0.25) is 0 Å². The number of nitrogens with zero attached hydrogens (tertiary/aromatic N) is 1. The lowest BCUT2D eigenvalue weighted by Gasteiger charge is -2.28. The van der Waals surface area contributed by atoms with Gasteiger partial charge in [0.25, 0.3) is 0 Å². The largest absolute Gasteiger partial charge is 0.389 e. The van der Waals surface area contributed by atoms with Crippen molar-refractivity contribution in [3.05, 3.63) is 0 Å². The lowest BCUT2D eigenvalue weighted by atomic mass is 10.0. The Kier molecular flexibility index (Phi) is 4.56. The van der Waals surface area contributed by atoms with Crippen LogP contribution in [0, 0.1) is 0 Å². The first kappa shape index (κ1) is 11.3. The number of rotatable bonds is 5. The molecule has 0 saturated heterocycles. The van der Waals surface area contributed by atoms with Crippen LogP contribution in [-0.2, 0) is 0 Å². The van der Waals surface area contributed by atoms with Gasteiger partial charge in [0.2, 0.25) is 0 Å². The van der Waals surface area contributed by atoms with Crippen LogP contribution in [0.25, 0.3) is 0 Å².